The van der Waals surface area contributed by atoms with E-state index >= 15 is 0 Å². The minimum Gasteiger partial charge on any atom is -0.383 e. The Hall–Kier alpha value is -1.55. The first-order valence-corrected chi connectivity index (χ1v) is 7.38. The molecule has 0 aromatic heterocycles. The van der Waals surface area contributed by atoms with Crippen molar-refractivity contribution in [3.63, 3.8) is 0 Å². The van der Waals surface area contributed by atoms with Gasteiger partial charge in [-0.3, -0.25) is 4.79 Å². The summed E-state index contributed by atoms with van der Waals surface area (Å²) < 4.78 is 0. The third kappa shape index (κ3) is 3.97. The highest BCUT2D eigenvalue weighted by Crippen LogP contribution is 2.22. The average molecular weight is 275 g/mol. The third-order valence-corrected chi connectivity index (χ3v) is 4.01. The van der Waals surface area contributed by atoms with Crippen molar-refractivity contribution in [1.29, 1.82) is 0 Å². The highest BCUT2D eigenvalue weighted by Gasteiger charge is 2.18. The van der Waals surface area contributed by atoms with Gasteiger partial charge in [0.15, 0.2) is 0 Å². The van der Waals surface area contributed by atoms with Crippen LogP contribution in [0.4, 0.5) is 11.4 Å². The van der Waals surface area contributed by atoms with Crippen LogP contribution in [0.1, 0.15) is 31.7 Å². The minimum atomic E-state index is -0.0354. The number of carbonyl (C=O) groups excluding carboxylic acids is 1. The molecule has 1 amide bonds. The lowest BCUT2D eigenvalue weighted by molar-refractivity contribution is -0.114. The first kappa shape index (κ1) is 14.9. The van der Waals surface area contributed by atoms with Crippen molar-refractivity contribution >= 4 is 17.3 Å². The maximum Gasteiger partial charge on any atom is 0.221 e. The molecule has 1 aromatic carbocycles. The number of piperidine rings is 1. The van der Waals surface area contributed by atoms with Gasteiger partial charge in [0.05, 0.1) is 0 Å². The number of hydrogen-bond acceptors (Lipinski definition) is 3. The van der Waals surface area contributed by atoms with Crippen LogP contribution < -0.4 is 10.6 Å². The van der Waals surface area contributed by atoms with Gasteiger partial charge in [0.2, 0.25) is 5.91 Å². The van der Waals surface area contributed by atoms with Gasteiger partial charge in [-0.05, 0) is 51.1 Å². The smallest absolute Gasteiger partial charge is 0.221 e. The highest BCUT2D eigenvalue weighted by atomic mass is 16.1. The van der Waals surface area contributed by atoms with E-state index in [9.17, 15) is 4.79 Å². The first-order valence-electron chi connectivity index (χ1n) is 7.38. The van der Waals surface area contributed by atoms with E-state index < -0.39 is 0 Å². The number of carbonyl (C=O) groups is 1. The second-order valence-electron chi connectivity index (χ2n) is 5.72. The van der Waals surface area contributed by atoms with Crippen LogP contribution in [0.15, 0.2) is 18.2 Å². The molecule has 0 bridgehead atoms. The van der Waals surface area contributed by atoms with Gasteiger partial charge < -0.3 is 15.5 Å². The molecule has 1 unspecified atom stereocenters. The van der Waals surface area contributed by atoms with Gasteiger partial charge in [-0.1, -0.05) is 12.5 Å². The Morgan fingerprint density at radius 1 is 1.40 bits per heavy atom. The number of amides is 1. The molecule has 4 nitrogen and oxygen atoms in total. The maximum atomic E-state index is 11.1. The number of nitrogens with one attached hydrogen (secondary N) is 2. The summed E-state index contributed by atoms with van der Waals surface area (Å²) in [6.45, 7) is 5.77. The molecule has 1 saturated heterocycles. The average Bonchev–Trinajstić information content (AvgIpc) is 2.40. The van der Waals surface area contributed by atoms with E-state index in [1.165, 1.54) is 38.3 Å². The van der Waals surface area contributed by atoms with Crippen LogP contribution in [0, 0.1) is 6.92 Å². The summed E-state index contributed by atoms with van der Waals surface area (Å²) in [6, 6.07) is 6.60. The quantitative estimate of drug-likeness (QED) is 0.888. The van der Waals surface area contributed by atoms with Crippen LogP contribution in [0.5, 0.6) is 0 Å². The fourth-order valence-electron chi connectivity index (χ4n) is 2.72. The Labute approximate surface area is 121 Å². The van der Waals surface area contributed by atoms with E-state index in [0.29, 0.717) is 6.04 Å². The van der Waals surface area contributed by atoms with Gasteiger partial charge >= 0.3 is 0 Å². The van der Waals surface area contributed by atoms with Crippen LogP contribution >= 0.6 is 0 Å². The predicted molar refractivity (Wildman–Crippen MR) is 84.2 cm³/mol. The topological polar surface area (TPSA) is 44.4 Å². The van der Waals surface area contributed by atoms with Crippen molar-refractivity contribution < 1.29 is 4.79 Å². The summed E-state index contributed by atoms with van der Waals surface area (Å²) in [5.74, 6) is -0.0354. The maximum absolute atomic E-state index is 11.1. The molecule has 0 spiro atoms. The molecule has 1 aliphatic heterocycles. The molecule has 1 fully saturated rings. The van der Waals surface area contributed by atoms with Crippen molar-refractivity contribution in [1.82, 2.24) is 4.90 Å². The Morgan fingerprint density at radius 2 is 2.20 bits per heavy atom. The number of likely N-dealkylation sites (tertiary alicyclic amines) is 1. The highest BCUT2D eigenvalue weighted by molar-refractivity contribution is 5.89. The van der Waals surface area contributed by atoms with Crippen molar-refractivity contribution in [2.45, 2.75) is 39.2 Å². The van der Waals surface area contributed by atoms with Gasteiger partial charge in [-0.15, -0.1) is 0 Å². The predicted octanol–water partition coefficient (Wildman–Crippen LogP) is 2.85. The van der Waals surface area contributed by atoms with Gasteiger partial charge in [0.25, 0.3) is 0 Å². The second kappa shape index (κ2) is 6.75. The first-order chi connectivity index (χ1) is 9.56. The Morgan fingerprint density at radius 3 is 2.90 bits per heavy atom. The fourth-order valence-corrected chi connectivity index (χ4v) is 2.72. The molecule has 1 aromatic rings. The van der Waals surface area contributed by atoms with E-state index in [1.54, 1.807) is 0 Å². The number of rotatable bonds is 4. The van der Waals surface area contributed by atoms with Crippen molar-refractivity contribution in [3.05, 3.63) is 23.8 Å². The molecule has 1 aliphatic rings. The molecule has 2 N–H and O–H groups in total. The van der Waals surface area contributed by atoms with E-state index in [-0.39, 0.29) is 5.91 Å². The van der Waals surface area contributed by atoms with Gasteiger partial charge in [-0.25, -0.2) is 0 Å². The Kier molecular flexibility index (Phi) is 5.01. The van der Waals surface area contributed by atoms with E-state index in [4.69, 9.17) is 0 Å². The number of likely N-dealkylation sites (N-methyl/N-ethyl adjacent to an activating group) is 1. The normalized spacial score (nSPS) is 19.6. The number of nitrogens with zero attached hydrogens (tertiary/aromatic N) is 1. The summed E-state index contributed by atoms with van der Waals surface area (Å²) in [4.78, 5) is 13.6. The van der Waals surface area contributed by atoms with Gasteiger partial charge in [-0.2, -0.15) is 0 Å². The third-order valence-electron chi connectivity index (χ3n) is 4.01. The standard InChI is InChI=1S/C16H25N3O/c1-12-7-8-14(18-13(2)20)10-16(12)17-11-15-6-4-5-9-19(15)3/h7-8,10,15,17H,4-6,9,11H2,1-3H3,(H,18,20). The van der Waals surface area contributed by atoms with Gasteiger partial charge in [0, 0.05) is 30.9 Å². The van der Waals surface area contributed by atoms with Crippen LogP contribution in [0.3, 0.4) is 0 Å². The number of hydrogen-bond donors (Lipinski definition) is 2. The molecule has 2 rings (SSSR count). The van der Waals surface area contributed by atoms with Crippen LogP contribution in [0.25, 0.3) is 0 Å². The molecule has 20 heavy (non-hydrogen) atoms. The molecule has 110 valence electrons. The van der Waals surface area contributed by atoms with Crippen molar-refractivity contribution in [2.75, 3.05) is 30.8 Å². The molecular formula is C16H25N3O. The minimum absolute atomic E-state index is 0.0354. The summed E-state index contributed by atoms with van der Waals surface area (Å²) in [6.07, 6.45) is 3.89. The number of aryl methyl sites for hydroxylation is 1. The zero-order chi connectivity index (χ0) is 14.5. The molecule has 4 heteroatoms. The number of benzene rings is 1. The molecule has 0 radical (unpaired) electrons. The summed E-state index contributed by atoms with van der Waals surface area (Å²) in [7, 11) is 2.20. The molecule has 0 saturated carbocycles. The monoisotopic (exact) mass is 275 g/mol. The van der Waals surface area contributed by atoms with Gasteiger partial charge in [0.1, 0.15) is 0 Å². The molecular weight excluding hydrogens is 250 g/mol. The largest absolute Gasteiger partial charge is 0.383 e. The lowest BCUT2D eigenvalue weighted by atomic mass is 10.0. The number of anilines is 2. The summed E-state index contributed by atoms with van der Waals surface area (Å²) >= 11 is 0. The Balaban J connectivity index is 1.99. The zero-order valence-electron chi connectivity index (χ0n) is 12.7. The SMILES string of the molecule is CC(=O)Nc1ccc(C)c(NCC2CCCCN2C)c1. The summed E-state index contributed by atoms with van der Waals surface area (Å²) in [5.41, 5.74) is 3.16. The fraction of sp³-hybridized carbons (Fsp3) is 0.562. The van der Waals surface area contributed by atoms with Crippen molar-refractivity contribution in [3.8, 4) is 0 Å². The summed E-state index contributed by atoms with van der Waals surface area (Å²) in [5, 5.41) is 6.36. The zero-order valence-corrected chi connectivity index (χ0v) is 12.7. The lowest BCUT2D eigenvalue weighted by Gasteiger charge is -2.33. The van der Waals surface area contributed by atoms with Crippen LogP contribution in [0.2, 0.25) is 0 Å². The van der Waals surface area contributed by atoms with E-state index in [1.807, 2.05) is 18.2 Å². The van der Waals surface area contributed by atoms with Crippen molar-refractivity contribution in [2.24, 2.45) is 0 Å². The lowest BCUT2D eigenvalue weighted by Crippen LogP contribution is -2.40. The second-order valence-corrected chi connectivity index (χ2v) is 5.72. The van der Waals surface area contributed by atoms with E-state index in [0.717, 1.165) is 17.9 Å². The van der Waals surface area contributed by atoms with E-state index in [2.05, 4.69) is 29.5 Å². The molecule has 1 heterocycles. The van der Waals surface area contributed by atoms with Crippen LogP contribution in [-0.2, 0) is 4.79 Å². The molecule has 0 aliphatic carbocycles. The molecule has 1 atom stereocenters. The van der Waals surface area contributed by atoms with Crippen LogP contribution in [-0.4, -0.2) is 37.0 Å². The Bertz CT molecular complexity index is 473.